The van der Waals surface area contributed by atoms with Crippen molar-refractivity contribution < 1.29 is 9.53 Å². The summed E-state index contributed by atoms with van der Waals surface area (Å²) < 4.78 is 4.67. The Morgan fingerprint density at radius 3 is 2.89 bits per heavy atom. The van der Waals surface area contributed by atoms with Crippen LogP contribution in [0.1, 0.15) is 29.7 Å². The largest absolute Gasteiger partial charge is 0.463 e. The van der Waals surface area contributed by atoms with E-state index in [4.69, 9.17) is 5.73 Å². The van der Waals surface area contributed by atoms with Crippen LogP contribution in [0.15, 0.2) is 6.07 Å². The molecular formula is C13H20N4O2. The molecule has 19 heavy (non-hydrogen) atoms. The van der Waals surface area contributed by atoms with Gasteiger partial charge in [-0.25, -0.2) is 14.8 Å². The van der Waals surface area contributed by atoms with Crippen molar-refractivity contribution >= 4 is 11.8 Å². The van der Waals surface area contributed by atoms with E-state index in [-0.39, 0.29) is 11.9 Å². The third kappa shape index (κ3) is 3.01. The van der Waals surface area contributed by atoms with E-state index in [1.54, 1.807) is 0 Å². The number of anilines is 1. The molecule has 0 bridgehead atoms. The lowest BCUT2D eigenvalue weighted by Gasteiger charge is -2.19. The van der Waals surface area contributed by atoms with Gasteiger partial charge < -0.3 is 15.4 Å². The van der Waals surface area contributed by atoms with Gasteiger partial charge in [-0.05, 0) is 26.2 Å². The van der Waals surface area contributed by atoms with Crippen molar-refractivity contribution in [2.45, 2.75) is 26.3 Å². The number of carbonyl (C=O) groups excluding carboxylic acids is 1. The SMILES string of the molecule is COC(=O)c1nc(C)cc(N2CCC(C(C)N)C2)n1. The molecular weight excluding hydrogens is 244 g/mol. The average Bonchev–Trinajstić information content (AvgIpc) is 2.86. The van der Waals surface area contributed by atoms with Gasteiger partial charge in [0.05, 0.1) is 7.11 Å². The van der Waals surface area contributed by atoms with Gasteiger partial charge in [0, 0.05) is 30.9 Å². The molecule has 0 spiro atoms. The molecule has 1 aromatic heterocycles. The quantitative estimate of drug-likeness (QED) is 0.811. The summed E-state index contributed by atoms with van der Waals surface area (Å²) >= 11 is 0. The summed E-state index contributed by atoms with van der Waals surface area (Å²) in [6.07, 6.45) is 1.05. The van der Waals surface area contributed by atoms with Crippen LogP contribution in [0.25, 0.3) is 0 Å². The van der Waals surface area contributed by atoms with E-state index in [0.29, 0.717) is 5.92 Å². The molecule has 2 unspecified atom stereocenters. The number of nitrogens with zero attached hydrogens (tertiary/aromatic N) is 3. The number of methoxy groups -OCH3 is 1. The molecule has 104 valence electrons. The fourth-order valence-corrected chi connectivity index (χ4v) is 2.32. The summed E-state index contributed by atoms with van der Waals surface area (Å²) in [6, 6.07) is 2.06. The van der Waals surface area contributed by atoms with Crippen molar-refractivity contribution in [2.75, 3.05) is 25.1 Å². The highest BCUT2D eigenvalue weighted by Gasteiger charge is 2.27. The summed E-state index contributed by atoms with van der Waals surface area (Å²) in [5.74, 6) is 0.850. The summed E-state index contributed by atoms with van der Waals surface area (Å²) in [4.78, 5) is 22.0. The standard InChI is InChI=1S/C13H20N4O2/c1-8-6-11(16-12(15-8)13(18)19-3)17-5-4-10(7-17)9(2)14/h6,9-10H,4-5,7,14H2,1-3H3. The smallest absolute Gasteiger partial charge is 0.376 e. The van der Waals surface area contributed by atoms with Crippen LogP contribution in [0, 0.1) is 12.8 Å². The van der Waals surface area contributed by atoms with E-state index in [9.17, 15) is 4.79 Å². The first-order valence-electron chi connectivity index (χ1n) is 6.45. The van der Waals surface area contributed by atoms with Gasteiger partial charge in [-0.3, -0.25) is 0 Å². The number of aryl methyl sites for hydroxylation is 1. The molecule has 0 saturated carbocycles. The lowest BCUT2D eigenvalue weighted by molar-refractivity contribution is 0.0586. The summed E-state index contributed by atoms with van der Waals surface area (Å²) in [5, 5.41) is 0. The van der Waals surface area contributed by atoms with Crippen LogP contribution < -0.4 is 10.6 Å². The fourth-order valence-electron chi connectivity index (χ4n) is 2.32. The number of esters is 1. The first-order chi connectivity index (χ1) is 9.01. The molecule has 1 saturated heterocycles. The van der Waals surface area contributed by atoms with Gasteiger partial charge in [-0.2, -0.15) is 0 Å². The summed E-state index contributed by atoms with van der Waals surface area (Å²) in [5.41, 5.74) is 6.69. The molecule has 1 aliphatic heterocycles. The number of ether oxygens (including phenoxy) is 1. The van der Waals surface area contributed by atoms with Crippen molar-refractivity contribution in [1.82, 2.24) is 9.97 Å². The number of hydrogen-bond acceptors (Lipinski definition) is 6. The van der Waals surface area contributed by atoms with Crippen LogP contribution in [0.5, 0.6) is 0 Å². The molecule has 2 rings (SSSR count). The lowest BCUT2D eigenvalue weighted by atomic mass is 10.0. The summed E-state index contributed by atoms with van der Waals surface area (Å²) in [7, 11) is 1.33. The van der Waals surface area contributed by atoms with Gasteiger partial charge in [0.25, 0.3) is 0 Å². The first kappa shape index (κ1) is 13.7. The molecule has 0 aliphatic carbocycles. The molecule has 0 amide bonds. The van der Waals surface area contributed by atoms with E-state index < -0.39 is 5.97 Å². The third-order valence-electron chi connectivity index (χ3n) is 3.50. The maximum Gasteiger partial charge on any atom is 0.376 e. The molecule has 0 radical (unpaired) electrons. The van der Waals surface area contributed by atoms with Gasteiger partial charge >= 0.3 is 5.97 Å². The normalized spacial score (nSPS) is 20.4. The predicted molar refractivity (Wildman–Crippen MR) is 72.1 cm³/mol. The van der Waals surface area contributed by atoms with Crippen LogP contribution in [0.2, 0.25) is 0 Å². The Balaban J connectivity index is 2.21. The molecule has 6 heteroatoms. The lowest BCUT2D eigenvalue weighted by Crippen LogP contribution is -2.30. The predicted octanol–water partition coefficient (Wildman–Crippen LogP) is 0.745. The van der Waals surface area contributed by atoms with Crippen LogP contribution in [-0.4, -0.2) is 42.2 Å². The minimum Gasteiger partial charge on any atom is -0.463 e. The van der Waals surface area contributed by atoms with E-state index in [1.807, 2.05) is 19.9 Å². The highest BCUT2D eigenvalue weighted by atomic mass is 16.5. The van der Waals surface area contributed by atoms with Crippen molar-refractivity contribution in [2.24, 2.45) is 11.7 Å². The van der Waals surface area contributed by atoms with E-state index in [0.717, 1.165) is 31.0 Å². The Morgan fingerprint density at radius 2 is 2.32 bits per heavy atom. The monoisotopic (exact) mass is 264 g/mol. The van der Waals surface area contributed by atoms with Crippen molar-refractivity contribution in [1.29, 1.82) is 0 Å². The fraction of sp³-hybridized carbons (Fsp3) is 0.615. The highest BCUT2D eigenvalue weighted by molar-refractivity contribution is 5.85. The molecule has 1 aromatic rings. The highest BCUT2D eigenvalue weighted by Crippen LogP contribution is 2.24. The van der Waals surface area contributed by atoms with Crippen LogP contribution in [0.4, 0.5) is 5.82 Å². The molecule has 0 aromatic carbocycles. The topological polar surface area (TPSA) is 81.3 Å². The number of carbonyl (C=O) groups is 1. The zero-order chi connectivity index (χ0) is 14.0. The van der Waals surface area contributed by atoms with Crippen molar-refractivity contribution in [3.63, 3.8) is 0 Å². The zero-order valence-electron chi connectivity index (χ0n) is 11.6. The minimum absolute atomic E-state index is 0.113. The van der Waals surface area contributed by atoms with Crippen molar-refractivity contribution in [3.05, 3.63) is 17.6 Å². The Morgan fingerprint density at radius 1 is 1.58 bits per heavy atom. The zero-order valence-corrected chi connectivity index (χ0v) is 11.6. The average molecular weight is 264 g/mol. The number of hydrogen-bond donors (Lipinski definition) is 1. The van der Waals surface area contributed by atoms with Crippen LogP contribution >= 0.6 is 0 Å². The second-order valence-corrected chi connectivity index (χ2v) is 5.04. The molecule has 6 nitrogen and oxygen atoms in total. The number of aromatic nitrogens is 2. The Hall–Kier alpha value is -1.69. The second-order valence-electron chi connectivity index (χ2n) is 5.04. The van der Waals surface area contributed by atoms with Gasteiger partial charge in [0.15, 0.2) is 0 Å². The van der Waals surface area contributed by atoms with Crippen LogP contribution in [-0.2, 0) is 4.74 Å². The third-order valence-corrected chi connectivity index (χ3v) is 3.50. The summed E-state index contributed by atoms with van der Waals surface area (Å²) in [6.45, 7) is 5.65. The van der Waals surface area contributed by atoms with E-state index in [2.05, 4.69) is 19.6 Å². The number of rotatable bonds is 3. The maximum absolute atomic E-state index is 11.5. The molecule has 1 fully saturated rings. The van der Waals surface area contributed by atoms with Gasteiger partial charge in [0.2, 0.25) is 5.82 Å². The van der Waals surface area contributed by atoms with Gasteiger partial charge in [-0.1, -0.05) is 0 Å². The Labute approximate surface area is 113 Å². The van der Waals surface area contributed by atoms with Gasteiger partial charge in [0.1, 0.15) is 5.82 Å². The van der Waals surface area contributed by atoms with Crippen LogP contribution in [0.3, 0.4) is 0 Å². The Kier molecular flexibility index (Phi) is 3.99. The van der Waals surface area contributed by atoms with E-state index in [1.165, 1.54) is 7.11 Å². The Bertz CT molecular complexity index is 476. The number of nitrogens with two attached hydrogens (primary N) is 1. The second kappa shape index (κ2) is 5.52. The minimum atomic E-state index is -0.507. The van der Waals surface area contributed by atoms with Crippen molar-refractivity contribution in [3.8, 4) is 0 Å². The molecule has 2 N–H and O–H groups in total. The molecule has 2 atom stereocenters. The molecule has 1 aliphatic rings. The molecule has 2 heterocycles. The maximum atomic E-state index is 11.5. The van der Waals surface area contributed by atoms with Gasteiger partial charge in [-0.15, -0.1) is 0 Å². The van der Waals surface area contributed by atoms with E-state index >= 15 is 0 Å². The first-order valence-corrected chi connectivity index (χ1v) is 6.45.